The second kappa shape index (κ2) is 9.60. The number of primary amides is 1. The van der Waals surface area contributed by atoms with Gasteiger partial charge in [-0.15, -0.1) is 0 Å². The fourth-order valence-electron chi connectivity index (χ4n) is 4.29. The largest absolute Gasteiger partial charge is 0.507 e. The van der Waals surface area contributed by atoms with Crippen LogP contribution in [0.2, 0.25) is 0 Å². The molecule has 1 saturated heterocycles. The highest BCUT2D eigenvalue weighted by Gasteiger charge is 2.23. The molecule has 1 aliphatic rings. The second-order valence-corrected chi connectivity index (χ2v) is 8.81. The van der Waals surface area contributed by atoms with Crippen molar-refractivity contribution in [2.75, 3.05) is 28.6 Å². The van der Waals surface area contributed by atoms with Gasteiger partial charge in [-0.05, 0) is 56.5 Å². The van der Waals surface area contributed by atoms with Crippen LogP contribution in [-0.4, -0.2) is 51.5 Å². The summed E-state index contributed by atoms with van der Waals surface area (Å²) in [4.78, 5) is 19.0. The van der Waals surface area contributed by atoms with Gasteiger partial charge in [-0.1, -0.05) is 12.1 Å². The van der Waals surface area contributed by atoms with Crippen molar-refractivity contribution in [3.05, 3.63) is 52.7 Å². The third-order valence-electron chi connectivity index (χ3n) is 5.79. The summed E-state index contributed by atoms with van der Waals surface area (Å²) in [7, 11) is 0. The van der Waals surface area contributed by atoms with Crippen molar-refractivity contribution >= 4 is 29.0 Å². The number of benzene rings is 1. The van der Waals surface area contributed by atoms with Crippen LogP contribution in [0.25, 0.3) is 0 Å². The number of aromatic hydroxyl groups is 1. The molecule has 0 spiro atoms. The smallest absolute Gasteiger partial charge is 0.256 e. The molecule has 10 nitrogen and oxygen atoms in total. The minimum atomic E-state index is -0.613. The SMILES string of the molecule is Cc1cc(CNc2[nH]nc(Nc3ccc(N4C[C@@H](C)O[C@@H](C)C4)nc3)c2C(N)=O)cc(C)c1O. The summed E-state index contributed by atoms with van der Waals surface area (Å²) < 4.78 is 5.79. The highest BCUT2D eigenvalue weighted by atomic mass is 16.5. The van der Waals surface area contributed by atoms with Crippen LogP contribution in [0.15, 0.2) is 30.5 Å². The summed E-state index contributed by atoms with van der Waals surface area (Å²) in [6.07, 6.45) is 1.99. The molecule has 3 aromatic rings. The molecule has 10 heteroatoms. The van der Waals surface area contributed by atoms with E-state index in [0.29, 0.717) is 23.9 Å². The zero-order valence-corrected chi connectivity index (χ0v) is 19.8. The van der Waals surface area contributed by atoms with Crippen LogP contribution in [0, 0.1) is 13.8 Å². The Bertz CT molecular complexity index is 1140. The number of amides is 1. The Labute approximate surface area is 198 Å². The molecule has 1 amide bonds. The van der Waals surface area contributed by atoms with Crippen LogP contribution in [0.4, 0.5) is 23.1 Å². The molecule has 0 radical (unpaired) electrons. The van der Waals surface area contributed by atoms with Crippen molar-refractivity contribution in [2.24, 2.45) is 5.73 Å². The third kappa shape index (κ3) is 5.07. The van der Waals surface area contributed by atoms with Crippen LogP contribution in [0.5, 0.6) is 5.75 Å². The lowest BCUT2D eigenvalue weighted by Crippen LogP contribution is -2.45. The zero-order chi connectivity index (χ0) is 24.4. The van der Waals surface area contributed by atoms with Crippen molar-refractivity contribution < 1.29 is 14.6 Å². The number of aromatic amines is 1. The predicted molar refractivity (Wildman–Crippen MR) is 132 cm³/mol. The maximum atomic E-state index is 12.2. The molecule has 1 aromatic carbocycles. The number of aromatic nitrogens is 3. The topological polar surface area (TPSA) is 141 Å². The summed E-state index contributed by atoms with van der Waals surface area (Å²) in [6.45, 7) is 9.79. The first kappa shape index (κ1) is 23.4. The van der Waals surface area contributed by atoms with Crippen molar-refractivity contribution in [1.82, 2.24) is 15.2 Å². The van der Waals surface area contributed by atoms with E-state index in [2.05, 4.69) is 44.6 Å². The molecule has 3 heterocycles. The molecule has 1 aliphatic heterocycles. The molecule has 0 aliphatic carbocycles. The number of phenolic OH excluding ortho intramolecular Hbond substituents is 1. The monoisotopic (exact) mass is 465 g/mol. The van der Waals surface area contributed by atoms with Gasteiger partial charge >= 0.3 is 0 Å². The summed E-state index contributed by atoms with van der Waals surface area (Å²) in [5, 5.41) is 23.3. The molecule has 2 atom stereocenters. The van der Waals surface area contributed by atoms with Gasteiger partial charge in [0, 0.05) is 19.6 Å². The Morgan fingerprint density at radius 3 is 2.50 bits per heavy atom. The van der Waals surface area contributed by atoms with E-state index in [9.17, 15) is 9.90 Å². The number of nitrogens with zero attached hydrogens (tertiary/aromatic N) is 3. The number of hydrogen-bond acceptors (Lipinski definition) is 8. The molecule has 0 saturated carbocycles. The lowest BCUT2D eigenvalue weighted by Gasteiger charge is -2.36. The van der Waals surface area contributed by atoms with Gasteiger partial charge in [0.05, 0.1) is 24.1 Å². The predicted octanol–water partition coefficient (Wildman–Crippen LogP) is 3.20. The number of morpholine rings is 1. The van der Waals surface area contributed by atoms with Crippen LogP contribution in [-0.2, 0) is 11.3 Å². The lowest BCUT2D eigenvalue weighted by atomic mass is 10.1. The molecule has 6 N–H and O–H groups in total. The molecule has 4 rings (SSSR count). The summed E-state index contributed by atoms with van der Waals surface area (Å²) in [5.41, 5.74) is 9.10. The molecule has 2 aromatic heterocycles. The van der Waals surface area contributed by atoms with Gasteiger partial charge in [0.25, 0.3) is 5.91 Å². The van der Waals surface area contributed by atoms with E-state index in [1.807, 2.05) is 38.1 Å². The lowest BCUT2D eigenvalue weighted by molar-refractivity contribution is -0.00545. The number of pyridine rings is 1. The molecule has 1 fully saturated rings. The van der Waals surface area contributed by atoms with E-state index < -0.39 is 5.91 Å². The average molecular weight is 466 g/mol. The molecule has 0 bridgehead atoms. The van der Waals surface area contributed by atoms with Gasteiger partial charge in [-0.2, -0.15) is 5.10 Å². The Balaban J connectivity index is 1.47. The molecule has 34 heavy (non-hydrogen) atoms. The summed E-state index contributed by atoms with van der Waals surface area (Å²) in [5.74, 6) is 1.27. The van der Waals surface area contributed by atoms with E-state index in [-0.39, 0.29) is 23.5 Å². The standard InChI is InChI=1S/C24H31N7O3/c1-13-7-17(8-14(2)21(13)32)9-27-23-20(22(25)33)24(30-29-23)28-18-5-6-19(26-10-18)31-11-15(3)34-16(4)12-31/h5-8,10,15-16,32H,9,11-12H2,1-4H3,(H2,25,33)(H3,27,28,29,30)/t15-,16+. The summed E-state index contributed by atoms with van der Waals surface area (Å²) in [6, 6.07) is 7.59. The van der Waals surface area contributed by atoms with Crippen molar-refractivity contribution in [3.63, 3.8) is 0 Å². The number of phenols is 1. The van der Waals surface area contributed by atoms with Gasteiger partial charge in [0.15, 0.2) is 5.82 Å². The van der Waals surface area contributed by atoms with Crippen LogP contribution in [0.3, 0.4) is 0 Å². The number of nitrogens with one attached hydrogen (secondary N) is 3. The second-order valence-electron chi connectivity index (χ2n) is 8.81. The molecule has 0 unspecified atom stereocenters. The van der Waals surface area contributed by atoms with Gasteiger partial charge in [0.1, 0.15) is 22.9 Å². The molecular weight excluding hydrogens is 434 g/mol. The third-order valence-corrected chi connectivity index (χ3v) is 5.79. The van der Waals surface area contributed by atoms with Gasteiger partial charge in [-0.25, -0.2) is 4.98 Å². The maximum Gasteiger partial charge on any atom is 0.256 e. The highest BCUT2D eigenvalue weighted by Crippen LogP contribution is 2.27. The Kier molecular flexibility index (Phi) is 6.60. The normalized spacial score (nSPS) is 18.1. The van der Waals surface area contributed by atoms with E-state index in [1.54, 1.807) is 6.20 Å². The first-order valence-electron chi connectivity index (χ1n) is 11.3. The van der Waals surface area contributed by atoms with Crippen LogP contribution >= 0.6 is 0 Å². The number of aryl methyl sites for hydroxylation is 2. The zero-order valence-electron chi connectivity index (χ0n) is 19.8. The first-order chi connectivity index (χ1) is 16.2. The van der Waals surface area contributed by atoms with Gasteiger partial charge in [-0.3, -0.25) is 9.89 Å². The number of ether oxygens (including phenoxy) is 1. The number of carbonyl (C=O) groups is 1. The number of carbonyl (C=O) groups excluding carboxylic acids is 1. The van der Waals surface area contributed by atoms with Crippen LogP contribution < -0.4 is 21.3 Å². The fourth-order valence-corrected chi connectivity index (χ4v) is 4.29. The highest BCUT2D eigenvalue weighted by molar-refractivity contribution is 6.03. The Morgan fingerprint density at radius 1 is 1.24 bits per heavy atom. The quantitative estimate of drug-likeness (QED) is 0.358. The molecule has 180 valence electrons. The van der Waals surface area contributed by atoms with E-state index in [4.69, 9.17) is 10.5 Å². The van der Waals surface area contributed by atoms with E-state index in [0.717, 1.165) is 35.6 Å². The number of hydrogen-bond donors (Lipinski definition) is 5. The number of rotatable bonds is 7. The van der Waals surface area contributed by atoms with E-state index in [1.165, 1.54) is 0 Å². The Morgan fingerprint density at radius 2 is 1.91 bits per heavy atom. The maximum absolute atomic E-state index is 12.2. The first-order valence-corrected chi connectivity index (χ1v) is 11.3. The van der Waals surface area contributed by atoms with E-state index >= 15 is 0 Å². The minimum absolute atomic E-state index is 0.144. The minimum Gasteiger partial charge on any atom is -0.507 e. The number of nitrogens with two attached hydrogens (primary N) is 1. The van der Waals surface area contributed by atoms with Crippen molar-refractivity contribution in [3.8, 4) is 5.75 Å². The van der Waals surface area contributed by atoms with Crippen molar-refractivity contribution in [2.45, 2.75) is 46.4 Å². The summed E-state index contributed by atoms with van der Waals surface area (Å²) >= 11 is 0. The molecular formula is C24H31N7O3. The fraction of sp³-hybridized carbons (Fsp3) is 0.375. The number of anilines is 4. The Hall–Kier alpha value is -3.79. The van der Waals surface area contributed by atoms with Crippen molar-refractivity contribution in [1.29, 1.82) is 0 Å². The number of H-pyrrole nitrogens is 1. The average Bonchev–Trinajstić information content (AvgIpc) is 3.18. The van der Waals surface area contributed by atoms with Gasteiger partial charge < -0.3 is 31.1 Å². The van der Waals surface area contributed by atoms with Gasteiger partial charge in [0.2, 0.25) is 0 Å². The van der Waals surface area contributed by atoms with Crippen LogP contribution in [0.1, 0.15) is 40.9 Å².